The lowest BCUT2D eigenvalue weighted by Gasteiger charge is -2.05. The van der Waals surface area contributed by atoms with Crippen LogP contribution in [-0.2, 0) is 0 Å². The number of ether oxygens (including phenoxy) is 1. The minimum Gasteiger partial charge on any atom is -0.494 e. The number of carbonyl (C=O) groups excluding carboxylic acids is 1. The van der Waals surface area contributed by atoms with E-state index in [9.17, 15) is 4.79 Å². The van der Waals surface area contributed by atoms with Gasteiger partial charge in [0.2, 0.25) is 0 Å². The van der Waals surface area contributed by atoms with E-state index in [4.69, 9.17) is 10.5 Å². The van der Waals surface area contributed by atoms with Crippen molar-refractivity contribution in [2.45, 2.75) is 19.8 Å². The Morgan fingerprint density at radius 2 is 2.17 bits per heavy atom. The van der Waals surface area contributed by atoms with Gasteiger partial charge in [-0.1, -0.05) is 0 Å². The molecule has 1 aromatic rings. The van der Waals surface area contributed by atoms with Crippen LogP contribution < -0.4 is 15.8 Å². The van der Waals surface area contributed by atoms with Crippen molar-refractivity contribution < 1.29 is 9.53 Å². The summed E-state index contributed by atoms with van der Waals surface area (Å²) in [5.74, 6) is 0.529. The van der Waals surface area contributed by atoms with Crippen LogP contribution in [0.3, 0.4) is 0 Å². The van der Waals surface area contributed by atoms with Crippen LogP contribution in [0.5, 0.6) is 5.75 Å². The molecule has 1 amide bonds. The second kappa shape index (κ2) is 8.74. The van der Waals surface area contributed by atoms with Crippen molar-refractivity contribution in [3.05, 3.63) is 14.2 Å². The minimum absolute atomic E-state index is 0. The zero-order chi connectivity index (χ0) is 12.8. The molecule has 1 aromatic heterocycles. The Morgan fingerprint density at radius 1 is 1.50 bits per heavy atom. The maximum absolute atomic E-state index is 11.9. The Labute approximate surface area is 126 Å². The van der Waals surface area contributed by atoms with Gasteiger partial charge < -0.3 is 15.8 Å². The number of rotatable bonds is 6. The second-order valence-electron chi connectivity index (χ2n) is 3.59. The molecule has 0 bridgehead atoms. The van der Waals surface area contributed by atoms with Crippen LogP contribution in [0.25, 0.3) is 0 Å². The number of methoxy groups -OCH3 is 1. The maximum Gasteiger partial charge on any atom is 0.265 e. The topological polar surface area (TPSA) is 64.3 Å². The summed E-state index contributed by atoms with van der Waals surface area (Å²) < 4.78 is 6.09. The molecular formula is C11H18BrClN2O2S. The zero-order valence-corrected chi connectivity index (χ0v) is 13.6. The van der Waals surface area contributed by atoms with Crippen LogP contribution in [0, 0.1) is 6.92 Å². The first-order valence-electron chi connectivity index (χ1n) is 5.43. The number of aryl methyl sites for hydroxylation is 1. The van der Waals surface area contributed by atoms with Gasteiger partial charge in [0, 0.05) is 11.4 Å². The van der Waals surface area contributed by atoms with Crippen LogP contribution in [0.15, 0.2) is 4.47 Å². The molecule has 0 unspecified atom stereocenters. The van der Waals surface area contributed by atoms with Gasteiger partial charge in [-0.15, -0.1) is 23.7 Å². The maximum atomic E-state index is 11.9. The first-order chi connectivity index (χ1) is 8.11. The number of carbonyl (C=O) groups is 1. The van der Waals surface area contributed by atoms with Crippen molar-refractivity contribution in [2.75, 3.05) is 20.2 Å². The number of nitrogens with one attached hydrogen (secondary N) is 1. The molecule has 0 fully saturated rings. The first-order valence-corrected chi connectivity index (χ1v) is 7.04. The van der Waals surface area contributed by atoms with E-state index >= 15 is 0 Å². The van der Waals surface area contributed by atoms with E-state index < -0.39 is 0 Å². The lowest BCUT2D eigenvalue weighted by atomic mass is 10.3. The summed E-state index contributed by atoms with van der Waals surface area (Å²) in [6, 6.07) is 0. The summed E-state index contributed by atoms with van der Waals surface area (Å²) >= 11 is 4.84. The van der Waals surface area contributed by atoms with Gasteiger partial charge in [0.25, 0.3) is 5.91 Å². The van der Waals surface area contributed by atoms with Crippen molar-refractivity contribution >= 4 is 45.6 Å². The monoisotopic (exact) mass is 356 g/mol. The lowest BCUT2D eigenvalue weighted by Crippen LogP contribution is -2.24. The molecule has 3 N–H and O–H groups in total. The smallest absolute Gasteiger partial charge is 0.265 e. The third-order valence-corrected chi connectivity index (χ3v) is 4.60. The largest absolute Gasteiger partial charge is 0.494 e. The third kappa shape index (κ3) is 4.42. The van der Waals surface area contributed by atoms with E-state index in [1.807, 2.05) is 6.92 Å². The average molecular weight is 358 g/mol. The third-order valence-electron chi connectivity index (χ3n) is 2.30. The number of halogens is 2. The van der Waals surface area contributed by atoms with Crippen molar-refractivity contribution in [2.24, 2.45) is 5.73 Å². The molecule has 4 nitrogen and oxygen atoms in total. The van der Waals surface area contributed by atoms with Crippen LogP contribution in [0.4, 0.5) is 0 Å². The van der Waals surface area contributed by atoms with Crippen molar-refractivity contribution in [3.63, 3.8) is 0 Å². The molecule has 104 valence electrons. The fourth-order valence-electron chi connectivity index (χ4n) is 1.39. The standard InChI is InChI=1S/C11H17BrN2O2S.ClH/c1-7-8(12)9(16-2)10(17-7)11(15)14-6-4-3-5-13;/h3-6,13H2,1-2H3,(H,14,15);1H. The summed E-state index contributed by atoms with van der Waals surface area (Å²) in [7, 11) is 1.57. The molecule has 0 aliphatic rings. The molecular weight excluding hydrogens is 340 g/mol. The van der Waals surface area contributed by atoms with Gasteiger partial charge in [0.1, 0.15) is 4.88 Å². The highest BCUT2D eigenvalue weighted by Crippen LogP contribution is 2.38. The normalized spacial score (nSPS) is 9.78. The molecule has 0 radical (unpaired) electrons. The second-order valence-corrected chi connectivity index (χ2v) is 5.60. The fourth-order valence-corrected chi connectivity index (χ4v) is 3.05. The Balaban J connectivity index is 0.00000289. The molecule has 0 aromatic carbocycles. The van der Waals surface area contributed by atoms with Crippen molar-refractivity contribution in [1.82, 2.24) is 5.32 Å². The Bertz CT molecular complexity index is 399. The minimum atomic E-state index is -0.0855. The van der Waals surface area contributed by atoms with E-state index in [1.54, 1.807) is 7.11 Å². The van der Waals surface area contributed by atoms with Crippen LogP contribution in [-0.4, -0.2) is 26.1 Å². The van der Waals surface area contributed by atoms with E-state index in [0.717, 1.165) is 22.2 Å². The Hall–Kier alpha value is -0.300. The molecule has 1 rings (SSSR count). The van der Waals surface area contributed by atoms with Gasteiger partial charge in [0.15, 0.2) is 5.75 Å². The van der Waals surface area contributed by atoms with Crippen LogP contribution >= 0.6 is 39.7 Å². The molecule has 0 aliphatic carbocycles. The van der Waals surface area contributed by atoms with Crippen molar-refractivity contribution in [3.8, 4) is 5.75 Å². The SMILES string of the molecule is COc1c(C(=O)NCCCCN)sc(C)c1Br.Cl. The van der Waals surface area contributed by atoms with E-state index in [0.29, 0.717) is 23.7 Å². The van der Waals surface area contributed by atoms with Crippen LogP contribution in [0.2, 0.25) is 0 Å². The summed E-state index contributed by atoms with van der Waals surface area (Å²) in [5, 5.41) is 2.86. The quantitative estimate of drug-likeness (QED) is 0.769. The number of thiophene rings is 1. The summed E-state index contributed by atoms with van der Waals surface area (Å²) in [6.45, 7) is 3.25. The van der Waals surface area contributed by atoms with E-state index in [-0.39, 0.29) is 18.3 Å². The Kier molecular flexibility index (Phi) is 8.60. The number of hydrogen-bond donors (Lipinski definition) is 2. The summed E-state index contributed by atoms with van der Waals surface area (Å²) in [6.07, 6.45) is 1.82. The molecule has 7 heteroatoms. The van der Waals surface area contributed by atoms with Gasteiger partial charge in [-0.3, -0.25) is 4.79 Å². The number of nitrogens with two attached hydrogens (primary N) is 1. The Morgan fingerprint density at radius 3 is 2.72 bits per heavy atom. The lowest BCUT2D eigenvalue weighted by molar-refractivity contribution is 0.0954. The summed E-state index contributed by atoms with van der Waals surface area (Å²) in [4.78, 5) is 13.6. The molecule has 18 heavy (non-hydrogen) atoms. The zero-order valence-electron chi connectivity index (χ0n) is 10.4. The van der Waals surface area contributed by atoms with Gasteiger partial charge in [-0.25, -0.2) is 0 Å². The molecule has 0 spiro atoms. The first kappa shape index (κ1) is 17.7. The fraction of sp³-hybridized carbons (Fsp3) is 0.545. The van der Waals surface area contributed by atoms with Crippen molar-refractivity contribution in [1.29, 1.82) is 0 Å². The number of hydrogen-bond acceptors (Lipinski definition) is 4. The molecule has 0 atom stereocenters. The number of amides is 1. The number of unbranched alkanes of at least 4 members (excludes halogenated alkanes) is 1. The molecule has 0 saturated heterocycles. The highest BCUT2D eigenvalue weighted by Gasteiger charge is 2.20. The highest BCUT2D eigenvalue weighted by atomic mass is 79.9. The van der Waals surface area contributed by atoms with Gasteiger partial charge in [0.05, 0.1) is 11.6 Å². The van der Waals surface area contributed by atoms with Gasteiger partial charge in [-0.2, -0.15) is 0 Å². The molecule has 1 heterocycles. The molecule has 0 aliphatic heterocycles. The van der Waals surface area contributed by atoms with E-state index in [1.165, 1.54) is 11.3 Å². The molecule has 0 saturated carbocycles. The predicted octanol–water partition coefficient (Wildman–Crippen LogP) is 2.72. The van der Waals surface area contributed by atoms with Crippen LogP contribution in [0.1, 0.15) is 27.4 Å². The van der Waals surface area contributed by atoms with E-state index in [2.05, 4.69) is 21.2 Å². The summed E-state index contributed by atoms with van der Waals surface area (Å²) in [5.41, 5.74) is 5.39. The highest BCUT2D eigenvalue weighted by molar-refractivity contribution is 9.10. The van der Waals surface area contributed by atoms with Gasteiger partial charge in [-0.05, 0) is 42.2 Å². The average Bonchev–Trinajstić information content (AvgIpc) is 2.61. The predicted molar refractivity (Wildman–Crippen MR) is 81.2 cm³/mol. The van der Waals surface area contributed by atoms with Gasteiger partial charge >= 0.3 is 0 Å².